The fourth-order valence-corrected chi connectivity index (χ4v) is 3.57. The molecule has 25 heavy (non-hydrogen) atoms. The topological polar surface area (TPSA) is 47.5 Å². The molecule has 0 bridgehead atoms. The SMILES string of the molecule is COc1cc2ncnc(N3c4ccccc4CCC3C)c2cc1OC. The smallest absolute Gasteiger partial charge is 0.162 e. The van der Waals surface area contributed by atoms with E-state index in [4.69, 9.17) is 9.47 Å². The highest BCUT2D eigenvalue weighted by Gasteiger charge is 2.27. The van der Waals surface area contributed by atoms with E-state index in [-0.39, 0.29) is 0 Å². The lowest BCUT2D eigenvalue weighted by atomic mass is 9.96. The van der Waals surface area contributed by atoms with Crippen molar-refractivity contribution in [3.8, 4) is 11.5 Å². The van der Waals surface area contributed by atoms with Crippen LogP contribution in [0.15, 0.2) is 42.7 Å². The average Bonchev–Trinajstić information content (AvgIpc) is 2.66. The highest BCUT2D eigenvalue weighted by molar-refractivity contribution is 5.94. The third-order valence-corrected chi connectivity index (χ3v) is 4.87. The van der Waals surface area contributed by atoms with Crippen molar-refractivity contribution in [2.75, 3.05) is 19.1 Å². The number of aromatic nitrogens is 2. The molecule has 0 radical (unpaired) electrons. The van der Waals surface area contributed by atoms with Gasteiger partial charge in [-0.3, -0.25) is 0 Å². The van der Waals surface area contributed by atoms with Crippen LogP contribution in [0.2, 0.25) is 0 Å². The summed E-state index contributed by atoms with van der Waals surface area (Å²) < 4.78 is 10.9. The van der Waals surface area contributed by atoms with Crippen molar-refractivity contribution in [2.45, 2.75) is 25.8 Å². The van der Waals surface area contributed by atoms with Gasteiger partial charge in [0.05, 0.1) is 19.7 Å². The molecule has 0 aliphatic carbocycles. The zero-order chi connectivity index (χ0) is 17.4. The van der Waals surface area contributed by atoms with E-state index in [0.717, 1.165) is 29.6 Å². The summed E-state index contributed by atoms with van der Waals surface area (Å²) in [6.45, 7) is 2.24. The first-order valence-corrected chi connectivity index (χ1v) is 8.46. The predicted octanol–water partition coefficient (Wildman–Crippen LogP) is 4.12. The summed E-state index contributed by atoms with van der Waals surface area (Å²) in [5.41, 5.74) is 3.42. The van der Waals surface area contributed by atoms with Gasteiger partial charge in [0.1, 0.15) is 12.1 Å². The Kier molecular flexibility index (Phi) is 3.92. The number of hydrogen-bond acceptors (Lipinski definition) is 5. The van der Waals surface area contributed by atoms with Gasteiger partial charge in [-0.2, -0.15) is 0 Å². The molecule has 0 spiro atoms. The summed E-state index contributed by atoms with van der Waals surface area (Å²) in [5.74, 6) is 2.27. The number of aryl methyl sites for hydroxylation is 1. The quantitative estimate of drug-likeness (QED) is 0.720. The largest absolute Gasteiger partial charge is 0.493 e. The molecule has 3 aromatic rings. The summed E-state index contributed by atoms with van der Waals surface area (Å²) in [6, 6.07) is 12.8. The van der Waals surface area contributed by atoms with Gasteiger partial charge in [0.25, 0.3) is 0 Å². The van der Waals surface area contributed by atoms with Crippen molar-refractivity contribution in [1.29, 1.82) is 0 Å². The van der Waals surface area contributed by atoms with Crippen LogP contribution in [0.4, 0.5) is 11.5 Å². The van der Waals surface area contributed by atoms with Crippen LogP contribution in [0, 0.1) is 0 Å². The number of hydrogen-bond donors (Lipinski definition) is 0. The maximum Gasteiger partial charge on any atom is 0.162 e. The van der Waals surface area contributed by atoms with E-state index >= 15 is 0 Å². The van der Waals surface area contributed by atoms with Gasteiger partial charge in [0, 0.05) is 23.2 Å². The maximum atomic E-state index is 5.48. The first-order chi connectivity index (χ1) is 12.2. The number of anilines is 2. The number of nitrogens with zero attached hydrogens (tertiary/aromatic N) is 3. The second kappa shape index (κ2) is 6.24. The molecule has 1 aliphatic heterocycles. The maximum absolute atomic E-state index is 5.48. The van der Waals surface area contributed by atoms with Gasteiger partial charge in [0.2, 0.25) is 0 Å². The molecule has 1 atom stereocenters. The number of fused-ring (bicyclic) bond motifs is 2. The van der Waals surface area contributed by atoms with Crippen LogP contribution < -0.4 is 14.4 Å². The number of methoxy groups -OCH3 is 2. The Hall–Kier alpha value is -2.82. The lowest BCUT2D eigenvalue weighted by Gasteiger charge is -2.36. The Balaban J connectivity index is 1.95. The number of rotatable bonds is 3. The Morgan fingerprint density at radius 1 is 1.04 bits per heavy atom. The Morgan fingerprint density at radius 2 is 1.80 bits per heavy atom. The summed E-state index contributed by atoms with van der Waals surface area (Å²) >= 11 is 0. The van der Waals surface area contributed by atoms with E-state index in [1.54, 1.807) is 20.5 Å². The zero-order valence-electron chi connectivity index (χ0n) is 14.7. The van der Waals surface area contributed by atoms with Gasteiger partial charge in [-0.1, -0.05) is 18.2 Å². The summed E-state index contributed by atoms with van der Waals surface area (Å²) in [7, 11) is 3.28. The summed E-state index contributed by atoms with van der Waals surface area (Å²) in [6.07, 6.45) is 3.80. The zero-order valence-corrected chi connectivity index (χ0v) is 14.7. The Bertz CT molecular complexity index is 926. The normalized spacial score (nSPS) is 16.6. The highest BCUT2D eigenvalue weighted by atomic mass is 16.5. The minimum absolute atomic E-state index is 0.362. The molecule has 4 rings (SSSR count). The molecule has 0 fully saturated rings. The molecule has 2 heterocycles. The van der Waals surface area contributed by atoms with Crippen molar-refractivity contribution in [1.82, 2.24) is 9.97 Å². The minimum Gasteiger partial charge on any atom is -0.493 e. The molecular weight excluding hydrogens is 314 g/mol. The van der Waals surface area contributed by atoms with Crippen LogP contribution in [0.25, 0.3) is 10.9 Å². The standard InChI is InChI=1S/C20H21N3O2/c1-13-8-9-14-6-4-5-7-17(14)23(13)20-15-10-18(24-2)19(25-3)11-16(15)21-12-22-20/h4-7,10-13H,8-9H2,1-3H3. The fourth-order valence-electron chi connectivity index (χ4n) is 3.57. The van der Waals surface area contributed by atoms with E-state index in [9.17, 15) is 0 Å². The molecule has 0 N–H and O–H groups in total. The number of ether oxygens (including phenoxy) is 2. The molecule has 5 nitrogen and oxygen atoms in total. The molecule has 1 aromatic heterocycles. The van der Waals surface area contributed by atoms with Gasteiger partial charge in [-0.25, -0.2) is 9.97 Å². The van der Waals surface area contributed by atoms with Gasteiger partial charge < -0.3 is 14.4 Å². The van der Waals surface area contributed by atoms with E-state index in [2.05, 4.69) is 46.1 Å². The van der Waals surface area contributed by atoms with Gasteiger partial charge in [0.15, 0.2) is 11.5 Å². The molecule has 1 aliphatic rings. The monoisotopic (exact) mass is 335 g/mol. The molecule has 0 amide bonds. The van der Waals surface area contributed by atoms with Crippen molar-refractivity contribution in [3.05, 3.63) is 48.3 Å². The molecule has 128 valence electrons. The van der Waals surface area contributed by atoms with Crippen LogP contribution >= 0.6 is 0 Å². The molecule has 0 saturated heterocycles. The summed E-state index contributed by atoms with van der Waals surface area (Å²) in [4.78, 5) is 11.4. The van der Waals surface area contributed by atoms with Crippen LogP contribution in [0.3, 0.4) is 0 Å². The lowest BCUT2D eigenvalue weighted by Crippen LogP contribution is -2.34. The van der Waals surface area contributed by atoms with Crippen LogP contribution in [-0.4, -0.2) is 30.2 Å². The first kappa shape index (κ1) is 15.7. The van der Waals surface area contributed by atoms with Crippen molar-refractivity contribution in [2.24, 2.45) is 0 Å². The van der Waals surface area contributed by atoms with Gasteiger partial charge in [-0.15, -0.1) is 0 Å². The highest BCUT2D eigenvalue weighted by Crippen LogP contribution is 2.40. The van der Waals surface area contributed by atoms with Crippen LogP contribution in [0.1, 0.15) is 18.9 Å². The van der Waals surface area contributed by atoms with Crippen LogP contribution in [0.5, 0.6) is 11.5 Å². The Labute approximate surface area is 147 Å². The Morgan fingerprint density at radius 3 is 2.60 bits per heavy atom. The third kappa shape index (κ3) is 2.56. The first-order valence-electron chi connectivity index (χ1n) is 8.46. The molecule has 0 saturated carbocycles. The van der Waals surface area contributed by atoms with Crippen molar-refractivity contribution >= 4 is 22.4 Å². The molecule has 1 unspecified atom stereocenters. The number of benzene rings is 2. The summed E-state index contributed by atoms with van der Waals surface area (Å²) in [5, 5.41) is 0.962. The number of para-hydroxylation sites is 1. The van der Waals surface area contributed by atoms with Crippen molar-refractivity contribution < 1.29 is 9.47 Å². The second-order valence-corrected chi connectivity index (χ2v) is 6.31. The molecule has 2 aromatic carbocycles. The van der Waals surface area contributed by atoms with E-state index in [1.807, 2.05) is 12.1 Å². The minimum atomic E-state index is 0.362. The second-order valence-electron chi connectivity index (χ2n) is 6.31. The third-order valence-electron chi connectivity index (χ3n) is 4.87. The predicted molar refractivity (Wildman–Crippen MR) is 99.0 cm³/mol. The van der Waals surface area contributed by atoms with E-state index in [1.165, 1.54) is 11.3 Å². The van der Waals surface area contributed by atoms with E-state index in [0.29, 0.717) is 17.5 Å². The average molecular weight is 335 g/mol. The van der Waals surface area contributed by atoms with Gasteiger partial charge in [-0.05, 0) is 37.5 Å². The lowest BCUT2D eigenvalue weighted by molar-refractivity contribution is 0.356. The molecule has 5 heteroatoms. The molecular formula is C20H21N3O2. The van der Waals surface area contributed by atoms with Gasteiger partial charge >= 0.3 is 0 Å². The fraction of sp³-hybridized carbons (Fsp3) is 0.300. The van der Waals surface area contributed by atoms with Crippen molar-refractivity contribution in [3.63, 3.8) is 0 Å². The van der Waals surface area contributed by atoms with E-state index < -0.39 is 0 Å². The van der Waals surface area contributed by atoms with Crippen LogP contribution in [-0.2, 0) is 6.42 Å².